The molecule has 5 nitrogen and oxygen atoms in total. The number of benzene rings is 2. The standard InChI is InChI=1S/C14H9N3O2S2/c18-13(20)8-4-3-5-9(14(19)21)12(8)17-11-7-2-1-6-10(11)15-16-17/h1-7H,(H,18,20)(H,19,21). The Hall–Kier alpha value is -2.12. The van der Waals surface area contributed by atoms with Gasteiger partial charge in [-0.25, -0.2) is 4.68 Å². The van der Waals surface area contributed by atoms with Crippen molar-refractivity contribution in [3.63, 3.8) is 0 Å². The molecule has 0 saturated heterocycles. The van der Waals surface area contributed by atoms with Crippen LogP contribution in [0.25, 0.3) is 16.7 Å². The number of rotatable bonds is 3. The molecule has 21 heavy (non-hydrogen) atoms. The lowest BCUT2D eigenvalue weighted by Gasteiger charge is -2.11. The first kappa shape index (κ1) is 13.8. The fraction of sp³-hybridized carbons (Fsp3) is 0. The van der Waals surface area contributed by atoms with Crippen molar-refractivity contribution in [1.29, 1.82) is 0 Å². The maximum Gasteiger partial charge on any atom is 0.218 e. The van der Waals surface area contributed by atoms with Crippen molar-refractivity contribution in [2.45, 2.75) is 0 Å². The van der Waals surface area contributed by atoms with Gasteiger partial charge in [-0.05, 0) is 24.3 Å². The molecule has 3 aromatic rings. The van der Waals surface area contributed by atoms with Crippen LogP contribution >= 0.6 is 25.3 Å². The molecule has 0 aliphatic rings. The molecule has 104 valence electrons. The minimum absolute atomic E-state index is 0.272. The highest BCUT2D eigenvalue weighted by Gasteiger charge is 2.20. The van der Waals surface area contributed by atoms with Crippen LogP contribution in [0.3, 0.4) is 0 Å². The van der Waals surface area contributed by atoms with E-state index in [0.29, 0.717) is 16.7 Å². The van der Waals surface area contributed by atoms with Crippen LogP contribution in [0.2, 0.25) is 0 Å². The molecule has 0 bridgehead atoms. The van der Waals surface area contributed by atoms with Crippen LogP contribution in [-0.4, -0.2) is 25.2 Å². The fourth-order valence-corrected chi connectivity index (χ4v) is 2.51. The van der Waals surface area contributed by atoms with Crippen LogP contribution < -0.4 is 0 Å². The first-order valence-electron chi connectivity index (χ1n) is 6.00. The number of hydrogen-bond acceptors (Lipinski definition) is 4. The van der Waals surface area contributed by atoms with Crippen LogP contribution in [0.15, 0.2) is 42.5 Å². The topological polar surface area (TPSA) is 64.8 Å². The van der Waals surface area contributed by atoms with E-state index in [1.165, 1.54) is 4.68 Å². The highest BCUT2D eigenvalue weighted by molar-refractivity contribution is 7.97. The van der Waals surface area contributed by atoms with E-state index >= 15 is 0 Å². The van der Waals surface area contributed by atoms with Crippen molar-refractivity contribution in [2.24, 2.45) is 0 Å². The van der Waals surface area contributed by atoms with Crippen LogP contribution in [0.4, 0.5) is 0 Å². The summed E-state index contributed by atoms with van der Waals surface area (Å²) in [7, 11) is 0. The zero-order valence-electron chi connectivity index (χ0n) is 10.6. The second-order valence-electron chi connectivity index (χ2n) is 4.30. The molecule has 0 saturated carbocycles. The molecule has 1 aromatic heterocycles. The Balaban J connectivity index is 2.40. The van der Waals surface area contributed by atoms with Crippen molar-refractivity contribution in [3.05, 3.63) is 53.6 Å². The number of fused-ring (bicyclic) bond motifs is 1. The van der Waals surface area contributed by atoms with Crippen molar-refractivity contribution in [1.82, 2.24) is 15.0 Å². The molecule has 0 unspecified atom stereocenters. The van der Waals surface area contributed by atoms with E-state index < -0.39 is 10.2 Å². The van der Waals surface area contributed by atoms with E-state index in [2.05, 4.69) is 35.6 Å². The fourth-order valence-electron chi connectivity index (χ4n) is 2.15. The molecule has 7 heteroatoms. The van der Waals surface area contributed by atoms with Crippen LogP contribution in [-0.2, 0) is 0 Å². The number of thiol groups is 2. The zero-order valence-corrected chi connectivity index (χ0v) is 12.4. The second kappa shape index (κ2) is 5.34. The van der Waals surface area contributed by atoms with Gasteiger partial charge < -0.3 is 0 Å². The molecule has 2 aromatic carbocycles. The van der Waals surface area contributed by atoms with Gasteiger partial charge in [0.25, 0.3) is 0 Å². The van der Waals surface area contributed by atoms with E-state index in [1.54, 1.807) is 24.3 Å². The van der Waals surface area contributed by atoms with E-state index in [4.69, 9.17) is 0 Å². The number of carbonyl (C=O) groups is 2. The summed E-state index contributed by atoms with van der Waals surface area (Å²) in [6.07, 6.45) is 0. The van der Waals surface area contributed by atoms with Crippen molar-refractivity contribution >= 4 is 46.5 Å². The SMILES string of the molecule is O=C(S)c1cccc(C(=O)S)c1-n1nnc2ccccc21. The average molecular weight is 315 g/mol. The summed E-state index contributed by atoms with van der Waals surface area (Å²) in [5.74, 6) is 0. The van der Waals surface area contributed by atoms with Gasteiger partial charge in [-0.2, -0.15) is 0 Å². The third kappa shape index (κ3) is 2.34. The van der Waals surface area contributed by atoms with Gasteiger partial charge in [-0.15, -0.1) is 30.4 Å². The number of aromatic nitrogens is 3. The van der Waals surface area contributed by atoms with E-state index in [9.17, 15) is 9.59 Å². The lowest BCUT2D eigenvalue weighted by molar-refractivity contribution is 0.109. The minimum atomic E-state index is -0.457. The molecule has 0 spiro atoms. The molecule has 0 atom stereocenters. The lowest BCUT2D eigenvalue weighted by atomic mass is 10.1. The second-order valence-corrected chi connectivity index (χ2v) is 5.11. The maximum atomic E-state index is 11.7. The summed E-state index contributed by atoms with van der Waals surface area (Å²) in [4.78, 5) is 23.5. The van der Waals surface area contributed by atoms with Crippen molar-refractivity contribution < 1.29 is 9.59 Å². The van der Waals surface area contributed by atoms with Gasteiger partial charge in [0.15, 0.2) is 0 Å². The highest BCUT2D eigenvalue weighted by Crippen LogP contribution is 2.25. The molecule has 0 amide bonds. The number of para-hydroxylation sites is 2. The number of hydrogen-bond donors (Lipinski definition) is 2. The Labute approximate surface area is 130 Å². The first-order chi connectivity index (χ1) is 10.1. The van der Waals surface area contributed by atoms with Gasteiger partial charge >= 0.3 is 0 Å². The predicted molar refractivity (Wildman–Crippen MR) is 85.5 cm³/mol. The number of nitrogens with zero attached hydrogens (tertiary/aromatic N) is 3. The van der Waals surface area contributed by atoms with Crippen molar-refractivity contribution in [3.8, 4) is 5.69 Å². The summed E-state index contributed by atoms with van der Waals surface area (Å²) in [6, 6.07) is 12.0. The third-order valence-electron chi connectivity index (χ3n) is 3.06. The Morgan fingerprint density at radius 2 is 1.52 bits per heavy atom. The molecule has 0 aliphatic heterocycles. The van der Waals surface area contributed by atoms with E-state index in [-0.39, 0.29) is 11.1 Å². The summed E-state index contributed by atoms with van der Waals surface area (Å²) in [5.41, 5.74) is 2.24. The summed E-state index contributed by atoms with van der Waals surface area (Å²) in [6.45, 7) is 0. The smallest absolute Gasteiger partial charge is 0.218 e. The highest BCUT2D eigenvalue weighted by atomic mass is 32.1. The van der Waals surface area contributed by atoms with Gasteiger partial charge in [0, 0.05) is 0 Å². The normalized spacial score (nSPS) is 10.8. The summed E-state index contributed by atoms with van der Waals surface area (Å²) >= 11 is 7.72. The Kier molecular flexibility index (Phi) is 3.52. The first-order valence-corrected chi connectivity index (χ1v) is 6.89. The number of carbonyl (C=O) groups excluding carboxylic acids is 2. The van der Waals surface area contributed by atoms with E-state index in [1.807, 2.05) is 18.2 Å². The average Bonchev–Trinajstić information content (AvgIpc) is 2.90. The minimum Gasteiger partial charge on any atom is -0.282 e. The zero-order chi connectivity index (χ0) is 15.0. The van der Waals surface area contributed by atoms with Gasteiger partial charge in [-0.1, -0.05) is 23.4 Å². The molecular weight excluding hydrogens is 306 g/mol. The van der Waals surface area contributed by atoms with E-state index in [0.717, 1.165) is 0 Å². The quantitative estimate of drug-likeness (QED) is 0.729. The molecule has 0 fully saturated rings. The monoisotopic (exact) mass is 315 g/mol. The largest absolute Gasteiger partial charge is 0.282 e. The van der Waals surface area contributed by atoms with Gasteiger partial charge in [-0.3, -0.25) is 9.59 Å². The summed E-state index contributed by atoms with van der Waals surface area (Å²) < 4.78 is 1.46. The van der Waals surface area contributed by atoms with Gasteiger partial charge in [0.2, 0.25) is 10.2 Å². The van der Waals surface area contributed by atoms with Gasteiger partial charge in [0.1, 0.15) is 5.52 Å². The molecule has 0 N–H and O–H groups in total. The molecular formula is C14H9N3O2S2. The van der Waals surface area contributed by atoms with Crippen LogP contribution in [0.5, 0.6) is 0 Å². The molecule has 0 aliphatic carbocycles. The molecule has 0 radical (unpaired) electrons. The van der Waals surface area contributed by atoms with Crippen LogP contribution in [0.1, 0.15) is 20.7 Å². The Bertz CT molecular complexity index is 841. The maximum absolute atomic E-state index is 11.7. The Morgan fingerprint density at radius 3 is 2.14 bits per heavy atom. The van der Waals surface area contributed by atoms with Crippen molar-refractivity contribution in [2.75, 3.05) is 0 Å². The third-order valence-corrected chi connectivity index (χ3v) is 3.54. The van der Waals surface area contributed by atoms with Gasteiger partial charge in [0.05, 0.1) is 22.3 Å². The summed E-state index contributed by atoms with van der Waals surface area (Å²) in [5, 5.41) is 7.17. The van der Waals surface area contributed by atoms with Crippen LogP contribution in [0, 0.1) is 0 Å². The molecule has 1 heterocycles. The predicted octanol–water partition coefficient (Wildman–Crippen LogP) is 2.56. The molecule has 3 rings (SSSR count). The Morgan fingerprint density at radius 1 is 0.905 bits per heavy atom. The lowest BCUT2D eigenvalue weighted by Crippen LogP contribution is -2.09.